The molecule has 21 heavy (non-hydrogen) atoms. The van der Waals surface area contributed by atoms with Gasteiger partial charge in [0.05, 0.1) is 0 Å². The first-order chi connectivity index (χ1) is 10.2. The van der Waals surface area contributed by atoms with Crippen LogP contribution in [0.1, 0.15) is 37.9 Å². The van der Waals surface area contributed by atoms with Crippen LogP contribution in [0, 0.1) is 0 Å². The highest BCUT2D eigenvalue weighted by Crippen LogP contribution is 2.39. The van der Waals surface area contributed by atoms with Crippen molar-refractivity contribution < 1.29 is 0 Å². The van der Waals surface area contributed by atoms with Crippen LogP contribution in [0.25, 0.3) is 0 Å². The number of halogens is 1. The minimum atomic E-state index is 0.522. The standard InChI is InChI=1S/C16H19ClN4/c1-2-8-18-14-10-15(21-16(20-14)11-6-7-11)19-13-5-3-4-12(17)9-13/h3-5,9-11H,2,6-8H2,1H3,(H2,18,19,20,21). The van der Waals surface area contributed by atoms with Gasteiger partial charge in [-0.2, -0.15) is 0 Å². The molecule has 4 nitrogen and oxygen atoms in total. The molecule has 1 aliphatic carbocycles. The molecule has 1 aromatic heterocycles. The summed E-state index contributed by atoms with van der Waals surface area (Å²) < 4.78 is 0. The summed E-state index contributed by atoms with van der Waals surface area (Å²) in [6.45, 7) is 3.05. The number of anilines is 3. The molecule has 0 saturated heterocycles. The number of rotatable bonds is 6. The number of hydrogen-bond donors (Lipinski definition) is 2. The molecule has 2 aromatic rings. The van der Waals surface area contributed by atoms with Crippen molar-refractivity contribution in [3.05, 3.63) is 41.2 Å². The Balaban J connectivity index is 1.84. The number of nitrogens with zero attached hydrogens (tertiary/aromatic N) is 2. The Kier molecular flexibility index (Phi) is 4.25. The van der Waals surface area contributed by atoms with Gasteiger partial charge >= 0.3 is 0 Å². The Bertz CT molecular complexity index is 625. The molecular weight excluding hydrogens is 284 g/mol. The average molecular weight is 303 g/mol. The summed E-state index contributed by atoms with van der Waals surface area (Å²) in [6, 6.07) is 9.59. The van der Waals surface area contributed by atoms with Gasteiger partial charge in [-0.3, -0.25) is 0 Å². The average Bonchev–Trinajstić information content (AvgIpc) is 3.29. The fourth-order valence-corrected chi connectivity index (χ4v) is 2.30. The van der Waals surface area contributed by atoms with E-state index in [0.717, 1.165) is 36.1 Å². The van der Waals surface area contributed by atoms with Crippen LogP contribution in [0.2, 0.25) is 5.02 Å². The fraction of sp³-hybridized carbons (Fsp3) is 0.375. The molecule has 0 bridgehead atoms. The molecule has 1 aromatic carbocycles. The van der Waals surface area contributed by atoms with Gasteiger partial charge in [0.2, 0.25) is 0 Å². The molecule has 0 unspecified atom stereocenters. The molecule has 5 heteroatoms. The Morgan fingerprint density at radius 1 is 1.19 bits per heavy atom. The van der Waals surface area contributed by atoms with Crippen LogP contribution in [0.15, 0.2) is 30.3 Å². The van der Waals surface area contributed by atoms with Crippen molar-refractivity contribution >= 4 is 28.9 Å². The van der Waals surface area contributed by atoms with Crippen molar-refractivity contribution in [2.75, 3.05) is 17.2 Å². The van der Waals surface area contributed by atoms with Crippen LogP contribution >= 0.6 is 11.6 Å². The molecule has 0 radical (unpaired) electrons. The highest BCUT2D eigenvalue weighted by Gasteiger charge is 2.27. The van der Waals surface area contributed by atoms with E-state index in [1.54, 1.807) is 0 Å². The van der Waals surface area contributed by atoms with Crippen molar-refractivity contribution in [2.45, 2.75) is 32.1 Å². The topological polar surface area (TPSA) is 49.8 Å². The first-order valence-electron chi connectivity index (χ1n) is 7.40. The van der Waals surface area contributed by atoms with Crippen LogP contribution in [0.3, 0.4) is 0 Å². The van der Waals surface area contributed by atoms with Crippen LogP contribution in [0.4, 0.5) is 17.3 Å². The summed E-state index contributed by atoms with van der Waals surface area (Å²) in [5, 5.41) is 7.36. The van der Waals surface area contributed by atoms with Gasteiger partial charge in [0.25, 0.3) is 0 Å². The Morgan fingerprint density at radius 2 is 2.00 bits per heavy atom. The van der Waals surface area contributed by atoms with E-state index in [-0.39, 0.29) is 0 Å². The van der Waals surface area contributed by atoms with E-state index >= 15 is 0 Å². The molecule has 0 amide bonds. The summed E-state index contributed by atoms with van der Waals surface area (Å²) >= 11 is 6.02. The number of nitrogens with one attached hydrogen (secondary N) is 2. The molecule has 0 aliphatic heterocycles. The lowest BCUT2D eigenvalue weighted by Crippen LogP contribution is -2.06. The Hall–Kier alpha value is -1.81. The Labute approximate surface area is 130 Å². The van der Waals surface area contributed by atoms with Gasteiger partial charge in [-0.1, -0.05) is 24.6 Å². The normalized spacial score (nSPS) is 14.0. The zero-order chi connectivity index (χ0) is 14.7. The second-order valence-corrected chi connectivity index (χ2v) is 5.77. The first kappa shape index (κ1) is 14.1. The predicted molar refractivity (Wildman–Crippen MR) is 87.5 cm³/mol. The lowest BCUT2D eigenvalue weighted by atomic mass is 10.3. The molecule has 0 spiro atoms. The molecule has 1 fully saturated rings. The maximum atomic E-state index is 6.02. The third kappa shape index (κ3) is 3.85. The lowest BCUT2D eigenvalue weighted by Gasteiger charge is -2.11. The van der Waals surface area contributed by atoms with Crippen molar-refractivity contribution in [1.82, 2.24) is 9.97 Å². The number of hydrogen-bond acceptors (Lipinski definition) is 4. The van der Waals surface area contributed by atoms with Gasteiger partial charge in [-0.05, 0) is 37.5 Å². The monoisotopic (exact) mass is 302 g/mol. The molecule has 110 valence electrons. The molecule has 1 aliphatic rings. The molecule has 2 N–H and O–H groups in total. The van der Waals surface area contributed by atoms with E-state index in [1.807, 2.05) is 30.3 Å². The fourth-order valence-electron chi connectivity index (χ4n) is 2.11. The summed E-state index contributed by atoms with van der Waals surface area (Å²) in [5.41, 5.74) is 0.935. The van der Waals surface area contributed by atoms with Crippen LogP contribution < -0.4 is 10.6 Å². The quantitative estimate of drug-likeness (QED) is 0.820. The van der Waals surface area contributed by atoms with Gasteiger partial charge in [0.1, 0.15) is 17.5 Å². The zero-order valence-electron chi connectivity index (χ0n) is 12.1. The zero-order valence-corrected chi connectivity index (χ0v) is 12.8. The second-order valence-electron chi connectivity index (χ2n) is 5.33. The highest BCUT2D eigenvalue weighted by molar-refractivity contribution is 6.30. The van der Waals surface area contributed by atoms with Gasteiger partial charge < -0.3 is 10.6 Å². The van der Waals surface area contributed by atoms with E-state index in [1.165, 1.54) is 12.8 Å². The smallest absolute Gasteiger partial charge is 0.136 e. The minimum Gasteiger partial charge on any atom is -0.370 e. The summed E-state index contributed by atoms with van der Waals surface area (Å²) in [5.74, 6) is 3.15. The first-order valence-corrected chi connectivity index (χ1v) is 7.78. The lowest BCUT2D eigenvalue weighted by molar-refractivity contribution is 0.911. The minimum absolute atomic E-state index is 0.522. The maximum absolute atomic E-state index is 6.02. The van der Waals surface area contributed by atoms with Gasteiger partial charge in [-0.15, -0.1) is 0 Å². The van der Waals surface area contributed by atoms with E-state index < -0.39 is 0 Å². The van der Waals surface area contributed by atoms with Crippen LogP contribution in [-0.4, -0.2) is 16.5 Å². The Morgan fingerprint density at radius 3 is 2.71 bits per heavy atom. The third-order valence-electron chi connectivity index (χ3n) is 3.34. The van der Waals surface area contributed by atoms with E-state index in [2.05, 4.69) is 27.5 Å². The summed E-state index contributed by atoms with van der Waals surface area (Å²) in [7, 11) is 0. The van der Waals surface area contributed by atoms with Gasteiger partial charge in [0, 0.05) is 29.2 Å². The molecular formula is C16H19ClN4. The maximum Gasteiger partial charge on any atom is 0.136 e. The number of aromatic nitrogens is 2. The predicted octanol–water partition coefficient (Wildman–Crippen LogP) is 4.57. The SMILES string of the molecule is CCCNc1cc(Nc2cccc(Cl)c2)nc(C2CC2)n1. The van der Waals surface area contributed by atoms with Crippen molar-refractivity contribution in [1.29, 1.82) is 0 Å². The van der Waals surface area contributed by atoms with Crippen molar-refractivity contribution in [3.63, 3.8) is 0 Å². The van der Waals surface area contributed by atoms with Gasteiger partial charge in [-0.25, -0.2) is 9.97 Å². The van der Waals surface area contributed by atoms with Crippen molar-refractivity contribution in [2.24, 2.45) is 0 Å². The van der Waals surface area contributed by atoms with Gasteiger partial charge in [0.15, 0.2) is 0 Å². The molecule has 3 rings (SSSR count). The number of benzene rings is 1. The third-order valence-corrected chi connectivity index (χ3v) is 3.57. The highest BCUT2D eigenvalue weighted by atomic mass is 35.5. The van der Waals surface area contributed by atoms with E-state index in [4.69, 9.17) is 11.6 Å². The second kappa shape index (κ2) is 6.31. The molecule has 1 saturated carbocycles. The summed E-state index contributed by atoms with van der Waals surface area (Å²) in [6.07, 6.45) is 3.45. The summed E-state index contributed by atoms with van der Waals surface area (Å²) in [4.78, 5) is 9.23. The van der Waals surface area contributed by atoms with Crippen molar-refractivity contribution in [3.8, 4) is 0 Å². The van der Waals surface area contributed by atoms with Crippen LogP contribution in [0.5, 0.6) is 0 Å². The van der Waals surface area contributed by atoms with E-state index in [9.17, 15) is 0 Å². The largest absolute Gasteiger partial charge is 0.370 e. The van der Waals surface area contributed by atoms with E-state index in [0.29, 0.717) is 10.9 Å². The molecule has 0 atom stereocenters. The molecule has 1 heterocycles. The van der Waals surface area contributed by atoms with Crippen LogP contribution in [-0.2, 0) is 0 Å².